The molecule has 1 aliphatic heterocycles. The topological polar surface area (TPSA) is 60.7 Å². The number of nitriles is 1. The molecule has 0 amide bonds. The number of hydrogen-bond donors (Lipinski definition) is 0. The Balaban J connectivity index is 1.65. The Labute approximate surface area is 154 Å². The van der Waals surface area contributed by atoms with Gasteiger partial charge in [-0.2, -0.15) is 5.26 Å². The number of hydrogen-bond acceptors (Lipinski definition) is 5. The van der Waals surface area contributed by atoms with Gasteiger partial charge >= 0.3 is 0 Å². The fourth-order valence-corrected chi connectivity index (χ4v) is 3.04. The first-order valence-corrected chi connectivity index (χ1v) is 8.67. The zero-order valence-electron chi connectivity index (χ0n) is 14.8. The van der Waals surface area contributed by atoms with Crippen molar-refractivity contribution in [2.75, 3.05) is 13.7 Å². The largest absolute Gasteiger partial charge is 0.376 e. The van der Waals surface area contributed by atoms with Crippen molar-refractivity contribution in [1.29, 1.82) is 5.26 Å². The van der Waals surface area contributed by atoms with Crippen LogP contribution in [0.15, 0.2) is 60.7 Å². The molecule has 3 rings (SSSR count). The van der Waals surface area contributed by atoms with E-state index in [1.54, 1.807) is 7.11 Å². The van der Waals surface area contributed by atoms with Crippen molar-refractivity contribution in [1.82, 2.24) is 0 Å². The Bertz CT molecular complexity index is 701. The van der Waals surface area contributed by atoms with Crippen LogP contribution in [-0.2, 0) is 32.2 Å². The monoisotopic (exact) mass is 353 g/mol. The molecular weight excluding hydrogens is 330 g/mol. The molecule has 5 nitrogen and oxygen atoms in total. The molecule has 1 saturated heterocycles. The van der Waals surface area contributed by atoms with Crippen molar-refractivity contribution in [3.05, 3.63) is 71.8 Å². The maximum absolute atomic E-state index is 9.41. The molecule has 1 fully saturated rings. The lowest BCUT2D eigenvalue weighted by Crippen LogP contribution is -2.55. The van der Waals surface area contributed by atoms with E-state index in [4.69, 9.17) is 18.9 Å². The summed E-state index contributed by atoms with van der Waals surface area (Å²) in [5.74, 6) is 0. The second kappa shape index (κ2) is 9.46. The van der Waals surface area contributed by atoms with Gasteiger partial charge in [0.25, 0.3) is 0 Å². The molecule has 1 aliphatic rings. The zero-order valence-corrected chi connectivity index (χ0v) is 14.8. The average molecular weight is 353 g/mol. The lowest BCUT2D eigenvalue weighted by molar-refractivity contribution is -0.217. The van der Waals surface area contributed by atoms with Gasteiger partial charge in [0.15, 0.2) is 6.10 Å². The zero-order chi connectivity index (χ0) is 18.2. The molecule has 2 aromatic carbocycles. The highest BCUT2D eigenvalue weighted by molar-refractivity contribution is 5.14. The Kier molecular flexibility index (Phi) is 6.75. The van der Waals surface area contributed by atoms with Crippen LogP contribution in [0.5, 0.6) is 0 Å². The normalized spacial score (nSPS) is 25.5. The Hall–Kier alpha value is -2.23. The van der Waals surface area contributed by atoms with E-state index in [1.807, 2.05) is 60.7 Å². The van der Waals surface area contributed by atoms with Gasteiger partial charge in [-0.1, -0.05) is 60.7 Å². The van der Waals surface area contributed by atoms with Crippen LogP contribution in [0.1, 0.15) is 11.1 Å². The van der Waals surface area contributed by atoms with Gasteiger partial charge in [0, 0.05) is 7.11 Å². The molecule has 0 bridgehead atoms. The van der Waals surface area contributed by atoms with Crippen molar-refractivity contribution in [3.8, 4) is 6.07 Å². The lowest BCUT2D eigenvalue weighted by Gasteiger charge is -2.39. The summed E-state index contributed by atoms with van der Waals surface area (Å²) in [4.78, 5) is 0. The third kappa shape index (κ3) is 4.69. The number of ether oxygens (including phenoxy) is 4. The van der Waals surface area contributed by atoms with Crippen molar-refractivity contribution in [3.63, 3.8) is 0 Å². The van der Waals surface area contributed by atoms with E-state index >= 15 is 0 Å². The summed E-state index contributed by atoms with van der Waals surface area (Å²) < 4.78 is 23.3. The second-order valence-electron chi connectivity index (χ2n) is 6.18. The smallest absolute Gasteiger partial charge is 0.172 e. The molecule has 0 N–H and O–H groups in total. The van der Waals surface area contributed by atoms with Crippen LogP contribution in [0.2, 0.25) is 0 Å². The van der Waals surface area contributed by atoms with Crippen molar-refractivity contribution in [2.24, 2.45) is 0 Å². The Morgan fingerprint density at radius 3 is 2.04 bits per heavy atom. The van der Waals surface area contributed by atoms with Crippen LogP contribution in [-0.4, -0.2) is 38.1 Å². The van der Waals surface area contributed by atoms with Crippen molar-refractivity contribution < 1.29 is 18.9 Å². The third-order valence-corrected chi connectivity index (χ3v) is 4.42. The van der Waals surface area contributed by atoms with Crippen LogP contribution in [0.3, 0.4) is 0 Å². The maximum Gasteiger partial charge on any atom is 0.172 e. The summed E-state index contributed by atoms with van der Waals surface area (Å²) in [6.45, 7) is 1.14. The number of nitrogens with zero attached hydrogens (tertiary/aromatic N) is 1. The quantitative estimate of drug-likeness (QED) is 0.765. The van der Waals surface area contributed by atoms with E-state index in [9.17, 15) is 5.26 Å². The van der Waals surface area contributed by atoms with Gasteiger partial charge in [0.05, 0.1) is 25.9 Å². The molecule has 136 valence electrons. The molecule has 0 aromatic heterocycles. The second-order valence-corrected chi connectivity index (χ2v) is 6.18. The van der Waals surface area contributed by atoms with E-state index in [-0.39, 0.29) is 12.2 Å². The van der Waals surface area contributed by atoms with Crippen LogP contribution in [0, 0.1) is 11.3 Å². The number of methoxy groups -OCH3 is 1. The van der Waals surface area contributed by atoms with Crippen LogP contribution < -0.4 is 0 Å². The van der Waals surface area contributed by atoms with Crippen molar-refractivity contribution >= 4 is 0 Å². The van der Waals surface area contributed by atoms with Gasteiger partial charge in [-0.3, -0.25) is 0 Å². The van der Waals surface area contributed by atoms with Gasteiger partial charge in [-0.15, -0.1) is 0 Å². The van der Waals surface area contributed by atoms with E-state index in [2.05, 4.69) is 6.07 Å². The van der Waals surface area contributed by atoms with E-state index < -0.39 is 12.2 Å². The molecule has 1 unspecified atom stereocenters. The first-order valence-electron chi connectivity index (χ1n) is 8.67. The minimum atomic E-state index is -0.680. The molecule has 4 atom stereocenters. The number of rotatable bonds is 7. The van der Waals surface area contributed by atoms with Gasteiger partial charge in [0.2, 0.25) is 0 Å². The molecule has 0 radical (unpaired) electrons. The summed E-state index contributed by atoms with van der Waals surface area (Å²) in [7, 11) is 1.61. The summed E-state index contributed by atoms with van der Waals surface area (Å²) in [5.41, 5.74) is 2.11. The van der Waals surface area contributed by atoms with E-state index in [0.29, 0.717) is 19.8 Å². The summed E-state index contributed by atoms with van der Waals surface area (Å²) in [6, 6.07) is 21.9. The van der Waals surface area contributed by atoms with Crippen molar-refractivity contribution in [2.45, 2.75) is 37.6 Å². The highest BCUT2D eigenvalue weighted by Crippen LogP contribution is 2.24. The Morgan fingerprint density at radius 2 is 1.50 bits per heavy atom. The van der Waals surface area contributed by atoms with Gasteiger partial charge in [-0.05, 0) is 11.1 Å². The average Bonchev–Trinajstić information content (AvgIpc) is 2.71. The summed E-state index contributed by atoms with van der Waals surface area (Å²) in [5, 5.41) is 9.41. The molecule has 0 aliphatic carbocycles. The molecule has 0 saturated carbocycles. The molecule has 0 spiro atoms. The van der Waals surface area contributed by atoms with E-state index in [1.165, 1.54) is 0 Å². The SMILES string of the molecule is CO[C@H]1[C@H](OCc2ccccc2)COC(C#N)[C@@H]1OCc1ccccc1. The first kappa shape index (κ1) is 18.6. The molecule has 26 heavy (non-hydrogen) atoms. The fraction of sp³-hybridized carbons (Fsp3) is 0.381. The van der Waals surface area contributed by atoms with Crippen LogP contribution in [0.4, 0.5) is 0 Å². The lowest BCUT2D eigenvalue weighted by atomic mass is 10.00. The molecular formula is C21H23NO4. The number of benzene rings is 2. The van der Waals surface area contributed by atoms with Gasteiger partial charge in [-0.25, -0.2) is 0 Å². The summed E-state index contributed by atoms with van der Waals surface area (Å²) in [6.07, 6.45) is -1.87. The predicted molar refractivity (Wildman–Crippen MR) is 96.2 cm³/mol. The van der Waals surface area contributed by atoms with E-state index in [0.717, 1.165) is 11.1 Å². The minimum absolute atomic E-state index is 0.300. The van der Waals surface area contributed by atoms with Crippen LogP contribution in [0.25, 0.3) is 0 Å². The molecule has 2 aromatic rings. The molecule has 1 heterocycles. The first-order chi connectivity index (χ1) is 12.8. The van der Waals surface area contributed by atoms with Gasteiger partial charge in [0.1, 0.15) is 18.3 Å². The van der Waals surface area contributed by atoms with Gasteiger partial charge < -0.3 is 18.9 Å². The predicted octanol–water partition coefficient (Wildman–Crippen LogP) is 3.09. The summed E-state index contributed by atoms with van der Waals surface area (Å²) >= 11 is 0. The highest BCUT2D eigenvalue weighted by atomic mass is 16.6. The third-order valence-electron chi connectivity index (χ3n) is 4.42. The Morgan fingerprint density at radius 1 is 0.923 bits per heavy atom. The maximum atomic E-state index is 9.41. The fourth-order valence-electron chi connectivity index (χ4n) is 3.04. The highest BCUT2D eigenvalue weighted by Gasteiger charge is 2.42. The standard InChI is InChI=1S/C21H23NO4/c1-23-20-19(24-13-16-8-4-2-5-9-16)15-25-18(12-22)21(20)26-14-17-10-6-3-7-11-17/h2-11,18-21H,13-15H2,1H3/t18?,19-,20+,21+/m1/s1. The van der Waals surface area contributed by atoms with Crippen LogP contribution >= 0.6 is 0 Å². The molecule has 5 heteroatoms. The minimum Gasteiger partial charge on any atom is -0.376 e.